The van der Waals surface area contributed by atoms with Gasteiger partial charge in [-0.1, -0.05) is 35.0 Å². The van der Waals surface area contributed by atoms with Gasteiger partial charge in [-0.05, 0) is 113 Å². The molecule has 0 amide bonds. The molecular weight excluding hydrogens is 748 g/mol. The number of hydrogen-bond acceptors (Lipinski definition) is 5. The lowest BCUT2D eigenvalue weighted by Gasteiger charge is -2.16. The zero-order chi connectivity index (χ0) is 25.4. The van der Waals surface area contributed by atoms with Gasteiger partial charge in [-0.25, -0.2) is 4.98 Å². The third kappa shape index (κ3) is 5.10. The Hall–Kier alpha value is -2.25. The number of aromatic nitrogens is 2. The molecular formula is C27H20BrI2N3O3. The highest BCUT2D eigenvalue weighted by atomic mass is 127. The Balaban J connectivity index is 1.63. The summed E-state index contributed by atoms with van der Waals surface area (Å²) in [6.45, 7) is 4.15. The average molecular weight is 768 g/mol. The van der Waals surface area contributed by atoms with E-state index in [-0.39, 0.29) is 11.7 Å². The molecule has 0 fully saturated rings. The van der Waals surface area contributed by atoms with E-state index in [9.17, 15) is 4.79 Å². The summed E-state index contributed by atoms with van der Waals surface area (Å²) < 4.78 is 16.4. The molecule has 5 aromatic rings. The lowest BCUT2D eigenvalue weighted by atomic mass is 10.2. The Bertz CT molecular complexity index is 1670. The van der Waals surface area contributed by atoms with Crippen LogP contribution < -0.4 is 10.3 Å². The van der Waals surface area contributed by atoms with Crippen molar-refractivity contribution in [3.8, 4) is 17.3 Å². The van der Waals surface area contributed by atoms with Gasteiger partial charge in [0.1, 0.15) is 11.3 Å². The Kier molecular flexibility index (Phi) is 7.49. The zero-order valence-corrected chi connectivity index (χ0v) is 25.2. The summed E-state index contributed by atoms with van der Waals surface area (Å²) >= 11 is 8.03. The third-order valence-corrected chi connectivity index (χ3v) is 7.79. The normalized spacial score (nSPS) is 12.6. The van der Waals surface area contributed by atoms with E-state index < -0.39 is 0 Å². The van der Waals surface area contributed by atoms with Gasteiger partial charge in [-0.3, -0.25) is 4.79 Å². The predicted molar refractivity (Wildman–Crippen MR) is 164 cm³/mol. The van der Waals surface area contributed by atoms with Crippen LogP contribution in [0.2, 0.25) is 0 Å². The molecule has 9 heteroatoms. The van der Waals surface area contributed by atoms with Gasteiger partial charge in [0.2, 0.25) is 5.82 Å². The van der Waals surface area contributed by atoms with E-state index >= 15 is 0 Å². The highest BCUT2D eigenvalue weighted by molar-refractivity contribution is 14.1. The molecule has 2 aromatic heterocycles. The van der Waals surface area contributed by atoms with Crippen LogP contribution in [0.15, 0.2) is 79.4 Å². The topological polar surface area (TPSA) is 69.6 Å². The number of hydrogen-bond donors (Lipinski definition) is 0. The Labute approximate surface area is 243 Å². The highest BCUT2D eigenvalue weighted by Gasteiger charge is 2.17. The van der Waals surface area contributed by atoms with Crippen LogP contribution in [0.5, 0.6) is 5.75 Å². The first kappa shape index (κ1) is 25.4. The first-order valence-electron chi connectivity index (χ1n) is 11.3. The molecule has 2 heterocycles. The molecule has 0 saturated heterocycles. The van der Waals surface area contributed by atoms with Crippen molar-refractivity contribution in [1.82, 2.24) is 9.66 Å². The van der Waals surface area contributed by atoms with Crippen molar-refractivity contribution in [2.75, 3.05) is 0 Å². The van der Waals surface area contributed by atoms with Gasteiger partial charge in [0, 0.05) is 9.86 Å². The highest BCUT2D eigenvalue weighted by Crippen LogP contribution is 2.31. The maximum Gasteiger partial charge on any atom is 0.282 e. The van der Waals surface area contributed by atoms with E-state index in [1.54, 1.807) is 12.3 Å². The molecule has 5 rings (SSSR count). The lowest BCUT2D eigenvalue weighted by Crippen LogP contribution is -2.20. The predicted octanol–water partition coefficient (Wildman–Crippen LogP) is 7.84. The number of halogens is 3. The molecule has 0 aliphatic heterocycles. The maximum atomic E-state index is 13.5. The van der Waals surface area contributed by atoms with Gasteiger partial charge in [0.25, 0.3) is 5.56 Å². The van der Waals surface area contributed by atoms with E-state index in [4.69, 9.17) is 14.1 Å². The molecule has 1 atom stereocenters. The molecule has 0 aliphatic rings. The molecule has 0 bridgehead atoms. The van der Waals surface area contributed by atoms with Crippen LogP contribution in [-0.4, -0.2) is 22.0 Å². The molecule has 0 spiro atoms. The third-order valence-electron chi connectivity index (χ3n) is 5.69. The molecule has 0 aliphatic carbocycles. The van der Waals surface area contributed by atoms with Crippen LogP contribution in [0.25, 0.3) is 33.5 Å². The standard InChI is InChI=1S/C27H20BrI2N3O3/c1-3-15(2)35-25-20(29)10-16(11-21(25)30)14-31-33-26(32-22-7-5-4-6-19(22)27(33)34)24-13-17-12-18(28)8-9-23(17)36-24/h4-15H,3H2,1-2H3/t15-/m1/s1. The van der Waals surface area contributed by atoms with E-state index in [2.05, 4.69) is 80.1 Å². The number of rotatable bonds is 6. The van der Waals surface area contributed by atoms with Crippen LogP contribution in [0.1, 0.15) is 25.8 Å². The van der Waals surface area contributed by atoms with Crippen molar-refractivity contribution in [1.29, 1.82) is 0 Å². The minimum atomic E-state index is -0.269. The molecule has 0 radical (unpaired) electrons. The Morgan fingerprint density at radius 1 is 1.14 bits per heavy atom. The van der Waals surface area contributed by atoms with Gasteiger partial charge in [-0.2, -0.15) is 9.78 Å². The average Bonchev–Trinajstić information content (AvgIpc) is 3.28. The second-order valence-corrected chi connectivity index (χ2v) is 11.5. The van der Waals surface area contributed by atoms with Gasteiger partial charge in [0.15, 0.2) is 5.76 Å². The van der Waals surface area contributed by atoms with Crippen LogP contribution in [0, 0.1) is 7.14 Å². The van der Waals surface area contributed by atoms with E-state index in [1.165, 1.54) is 4.68 Å². The molecule has 6 nitrogen and oxygen atoms in total. The minimum absolute atomic E-state index is 0.126. The number of benzene rings is 3. The zero-order valence-electron chi connectivity index (χ0n) is 19.3. The number of fused-ring (bicyclic) bond motifs is 2. The van der Waals surface area contributed by atoms with Crippen molar-refractivity contribution in [2.45, 2.75) is 26.4 Å². The minimum Gasteiger partial charge on any atom is -0.489 e. The number of para-hydroxylation sites is 1. The van der Waals surface area contributed by atoms with Gasteiger partial charge in [-0.15, -0.1) is 0 Å². The van der Waals surface area contributed by atoms with Crippen molar-refractivity contribution in [3.05, 3.63) is 88.2 Å². The monoisotopic (exact) mass is 767 g/mol. The van der Waals surface area contributed by atoms with E-state index in [0.717, 1.165) is 34.7 Å². The van der Waals surface area contributed by atoms with Crippen molar-refractivity contribution in [2.24, 2.45) is 5.10 Å². The van der Waals surface area contributed by atoms with Crippen LogP contribution in [0.3, 0.4) is 0 Å². The second-order valence-electron chi connectivity index (χ2n) is 8.26. The largest absolute Gasteiger partial charge is 0.489 e. The lowest BCUT2D eigenvalue weighted by molar-refractivity contribution is 0.214. The first-order valence-corrected chi connectivity index (χ1v) is 14.2. The summed E-state index contributed by atoms with van der Waals surface area (Å²) in [6, 6.07) is 18.8. The van der Waals surface area contributed by atoms with Crippen LogP contribution in [0.4, 0.5) is 0 Å². The van der Waals surface area contributed by atoms with Crippen molar-refractivity contribution >= 4 is 89.2 Å². The summed E-state index contributed by atoms with van der Waals surface area (Å²) in [6.07, 6.45) is 2.72. The number of nitrogens with zero attached hydrogens (tertiary/aromatic N) is 3. The fraction of sp³-hybridized carbons (Fsp3) is 0.148. The summed E-state index contributed by atoms with van der Waals surface area (Å²) in [5, 5.41) is 5.97. The summed E-state index contributed by atoms with van der Waals surface area (Å²) in [7, 11) is 0. The van der Waals surface area contributed by atoms with Crippen molar-refractivity contribution in [3.63, 3.8) is 0 Å². The van der Waals surface area contributed by atoms with Gasteiger partial charge in [0.05, 0.1) is 30.4 Å². The molecule has 182 valence electrons. The number of furan rings is 1. The van der Waals surface area contributed by atoms with Crippen LogP contribution >= 0.6 is 61.1 Å². The fourth-order valence-electron chi connectivity index (χ4n) is 3.69. The van der Waals surface area contributed by atoms with Gasteiger partial charge >= 0.3 is 0 Å². The smallest absolute Gasteiger partial charge is 0.282 e. The Morgan fingerprint density at radius 3 is 2.64 bits per heavy atom. The Morgan fingerprint density at radius 2 is 1.89 bits per heavy atom. The fourth-order valence-corrected chi connectivity index (χ4v) is 6.14. The molecule has 0 N–H and O–H groups in total. The van der Waals surface area contributed by atoms with E-state index in [1.807, 2.05) is 54.6 Å². The summed E-state index contributed by atoms with van der Waals surface area (Å²) in [5.41, 5.74) is 1.86. The molecule has 0 unspecified atom stereocenters. The molecule has 36 heavy (non-hydrogen) atoms. The van der Waals surface area contributed by atoms with Crippen molar-refractivity contribution < 1.29 is 9.15 Å². The quantitative estimate of drug-likeness (QED) is 0.131. The number of ether oxygens (including phenoxy) is 1. The van der Waals surface area contributed by atoms with Gasteiger partial charge < -0.3 is 9.15 Å². The summed E-state index contributed by atoms with van der Waals surface area (Å²) in [5.74, 6) is 1.66. The van der Waals surface area contributed by atoms with E-state index in [0.29, 0.717) is 28.1 Å². The second kappa shape index (κ2) is 10.6. The molecule has 3 aromatic carbocycles. The van der Waals surface area contributed by atoms with Crippen LogP contribution in [-0.2, 0) is 0 Å². The summed E-state index contributed by atoms with van der Waals surface area (Å²) in [4.78, 5) is 18.2. The molecule has 0 saturated carbocycles. The first-order chi connectivity index (χ1) is 17.3. The SMILES string of the molecule is CC[C@@H](C)Oc1c(I)cc(C=Nn2c(-c3cc4cc(Br)ccc4o3)nc3ccccc3c2=O)cc1I. The maximum absolute atomic E-state index is 13.5.